The molecule has 1 N–H and O–H groups in total. The topological polar surface area (TPSA) is 59.3 Å². The molecule has 0 fully saturated rings. The summed E-state index contributed by atoms with van der Waals surface area (Å²) in [6.45, 7) is 0. The van der Waals surface area contributed by atoms with E-state index in [1.54, 1.807) is 30.3 Å². The van der Waals surface area contributed by atoms with Gasteiger partial charge in [-0.05, 0) is 24.3 Å². The van der Waals surface area contributed by atoms with Crippen LogP contribution in [0.5, 0.6) is 0 Å². The lowest BCUT2D eigenvalue weighted by molar-refractivity contribution is -0.0898. The standard InChI is InChI=1S/C17H8F3NO3S/c18-17(19,20)15(23)12-14(22)8-4-3-7-11-13(8)21(16(12)24)9-5-1-2-6-10(9)25-11/h1-7,23H. The van der Waals surface area contributed by atoms with Crippen molar-refractivity contribution in [3.8, 4) is 5.69 Å². The molecule has 4 rings (SSSR count). The van der Waals surface area contributed by atoms with Crippen molar-refractivity contribution in [2.75, 3.05) is 0 Å². The molecule has 0 radical (unpaired) electrons. The van der Waals surface area contributed by atoms with Crippen LogP contribution in [0.4, 0.5) is 13.2 Å². The van der Waals surface area contributed by atoms with E-state index in [1.807, 2.05) is 0 Å². The largest absolute Gasteiger partial charge is 0.504 e. The molecule has 2 aromatic carbocycles. The molecular weight excluding hydrogens is 355 g/mol. The number of rotatable bonds is 0. The van der Waals surface area contributed by atoms with Crippen LogP contribution in [0.3, 0.4) is 0 Å². The van der Waals surface area contributed by atoms with E-state index in [0.717, 1.165) is 4.57 Å². The van der Waals surface area contributed by atoms with Gasteiger partial charge in [0.25, 0.3) is 5.56 Å². The molecule has 0 saturated heterocycles. The van der Waals surface area contributed by atoms with Gasteiger partial charge in [-0.3, -0.25) is 14.2 Å². The Hall–Kier alpha value is -2.87. The molecule has 0 spiro atoms. The fourth-order valence-corrected chi connectivity index (χ4v) is 3.98. The molecule has 0 aromatic heterocycles. The van der Waals surface area contributed by atoms with Crippen molar-refractivity contribution < 1.29 is 18.3 Å². The van der Waals surface area contributed by atoms with Crippen molar-refractivity contribution >= 4 is 37.4 Å². The lowest BCUT2D eigenvalue weighted by Gasteiger charge is -2.16. The van der Waals surface area contributed by atoms with Gasteiger partial charge in [-0.1, -0.05) is 18.2 Å². The van der Waals surface area contributed by atoms with Gasteiger partial charge in [0.15, 0.2) is 0 Å². The van der Waals surface area contributed by atoms with Gasteiger partial charge in [-0.15, -0.1) is 11.3 Å². The monoisotopic (exact) mass is 363 g/mol. The zero-order valence-electron chi connectivity index (χ0n) is 12.3. The van der Waals surface area contributed by atoms with Crippen LogP contribution in [-0.2, 0) is 0 Å². The molecule has 0 amide bonds. The van der Waals surface area contributed by atoms with Crippen LogP contribution in [-0.4, -0.2) is 15.8 Å². The second kappa shape index (κ2) is 5.06. The van der Waals surface area contributed by atoms with Crippen LogP contribution in [0.2, 0.25) is 0 Å². The van der Waals surface area contributed by atoms with Crippen molar-refractivity contribution in [1.82, 2.24) is 4.57 Å². The summed E-state index contributed by atoms with van der Waals surface area (Å²) < 4.78 is 41.1. The average molecular weight is 363 g/mol. The predicted octanol–water partition coefficient (Wildman–Crippen LogP) is 2.95. The molecule has 0 aliphatic carbocycles. The van der Waals surface area contributed by atoms with Gasteiger partial charge in [-0.2, -0.15) is 13.2 Å². The zero-order chi connectivity index (χ0) is 17.9. The zero-order valence-corrected chi connectivity index (χ0v) is 13.1. The minimum atomic E-state index is -5.19. The van der Waals surface area contributed by atoms with Crippen LogP contribution in [0.1, 0.15) is 0 Å². The highest BCUT2D eigenvalue weighted by atomic mass is 32.1. The Labute approximate surface area is 141 Å². The van der Waals surface area contributed by atoms with Gasteiger partial charge < -0.3 is 5.11 Å². The fourth-order valence-electron chi connectivity index (χ4n) is 2.89. The number of para-hydroxylation sites is 2. The third-order valence-electron chi connectivity index (χ3n) is 3.94. The van der Waals surface area contributed by atoms with E-state index in [0.29, 0.717) is 14.9 Å². The second-order valence-corrected chi connectivity index (χ2v) is 6.50. The molecular formula is C17H8F3NO3S. The summed E-state index contributed by atoms with van der Waals surface area (Å²) in [5.74, 6) is -2.17. The Bertz CT molecular complexity index is 1290. The Morgan fingerprint density at radius 1 is 1.00 bits per heavy atom. The molecule has 2 aromatic rings. The van der Waals surface area contributed by atoms with Crippen LogP contribution < -0.4 is 16.2 Å². The van der Waals surface area contributed by atoms with Crippen LogP contribution in [0.25, 0.3) is 31.7 Å². The maximum atomic E-state index is 12.9. The normalized spacial score (nSPS) is 13.7. The third kappa shape index (κ3) is 2.14. The molecule has 0 unspecified atom stereocenters. The lowest BCUT2D eigenvalue weighted by atomic mass is 10.1. The molecule has 4 nitrogen and oxygen atoms in total. The molecule has 25 heavy (non-hydrogen) atoms. The Morgan fingerprint density at radius 2 is 1.68 bits per heavy atom. The van der Waals surface area contributed by atoms with Gasteiger partial charge in [0.2, 0.25) is 11.2 Å². The van der Waals surface area contributed by atoms with Gasteiger partial charge >= 0.3 is 6.18 Å². The fraction of sp³-hybridized carbons (Fsp3) is 0.0588. The molecule has 0 bridgehead atoms. The summed E-state index contributed by atoms with van der Waals surface area (Å²) in [5.41, 5.74) is -1.70. The van der Waals surface area contributed by atoms with E-state index in [-0.39, 0.29) is 11.1 Å². The van der Waals surface area contributed by atoms with Gasteiger partial charge in [0.1, 0.15) is 5.22 Å². The summed E-state index contributed by atoms with van der Waals surface area (Å²) in [6, 6.07) is 11.3. The highest BCUT2D eigenvalue weighted by molar-refractivity contribution is 7.24. The van der Waals surface area contributed by atoms with Gasteiger partial charge in [0, 0.05) is 5.39 Å². The maximum Gasteiger partial charge on any atom is 0.449 e. The van der Waals surface area contributed by atoms with E-state index in [9.17, 15) is 27.9 Å². The minimum Gasteiger partial charge on any atom is -0.504 e. The van der Waals surface area contributed by atoms with Gasteiger partial charge in [-0.25, -0.2) is 0 Å². The van der Waals surface area contributed by atoms with Crippen LogP contribution >= 0.6 is 11.3 Å². The molecule has 8 heteroatoms. The van der Waals surface area contributed by atoms with E-state index >= 15 is 0 Å². The number of fused-ring (bicyclic) bond motifs is 2. The number of benzene rings is 2. The van der Waals surface area contributed by atoms with Crippen molar-refractivity contribution in [3.05, 3.63) is 68.3 Å². The predicted molar refractivity (Wildman–Crippen MR) is 89.7 cm³/mol. The summed E-state index contributed by atoms with van der Waals surface area (Å²) in [5, 5.41) is 8.19. The number of halogens is 3. The average Bonchev–Trinajstić information content (AvgIpc) is 2.57. The number of alkyl halides is 3. The molecule has 2 aliphatic rings. The first-order chi connectivity index (χ1) is 11.8. The number of pyridine rings is 1. The lowest BCUT2D eigenvalue weighted by Crippen LogP contribution is -2.48. The van der Waals surface area contributed by atoms with Gasteiger partial charge in [0.05, 0.1) is 20.6 Å². The summed E-state index contributed by atoms with van der Waals surface area (Å²) in [4.78, 5) is 25.2. The number of aromatic nitrogens is 1. The van der Waals surface area contributed by atoms with Crippen LogP contribution in [0, 0.1) is 0 Å². The van der Waals surface area contributed by atoms with E-state index < -0.39 is 28.1 Å². The molecule has 126 valence electrons. The second-order valence-electron chi connectivity index (χ2n) is 5.41. The van der Waals surface area contributed by atoms with E-state index in [4.69, 9.17) is 0 Å². The number of aliphatic hydroxyl groups excluding tert-OH is 1. The first-order valence-corrected chi connectivity index (χ1v) is 7.92. The van der Waals surface area contributed by atoms with Crippen molar-refractivity contribution in [2.24, 2.45) is 0 Å². The van der Waals surface area contributed by atoms with Crippen molar-refractivity contribution in [3.63, 3.8) is 0 Å². The maximum absolute atomic E-state index is 12.9. The minimum absolute atomic E-state index is 0.0510. The van der Waals surface area contributed by atoms with Crippen LogP contribution in [0.15, 0.2) is 52.1 Å². The third-order valence-corrected chi connectivity index (χ3v) is 5.06. The van der Waals surface area contributed by atoms with E-state index in [1.165, 1.54) is 23.5 Å². The van der Waals surface area contributed by atoms with Crippen molar-refractivity contribution in [2.45, 2.75) is 6.18 Å². The first kappa shape index (κ1) is 15.6. The number of aliphatic hydroxyl groups is 1. The quantitative estimate of drug-likeness (QED) is 0.386. The Kier molecular flexibility index (Phi) is 3.17. The Balaban J connectivity index is 2.46. The summed E-state index contributed by atoms with van der Waals surface area (Å²) >= 11 is 1.32. The smallest absolute Gasteiger partial charge is 0.449 e. The highest BCUT2D eigenvalue weighted by Crippen LogP contribution is 2.32. The SMILES string of the molecule is O=c1c(=C(O)C(F)(F)F)c(=O)n2c3ccccc3sc3cccc1c3-2. The molecule has 2 aliphatic heterocycles. The number of hydrogen-bond donors (Lipinski definition) is 1. The molecule has 2 heterocycles. The van der Waals surface area contributed by atoms with Crippen molar-refractivity contribution in [1.29, 1.82) is 0 Å². The summed E-state index contributed by atoms with van der Waals surface area (Å²) in [7, 11) is 0. The Morgan fingerprint density at radius 3 is 2.40 bits per heavy atom. The molecule has 0 atom stereocenters. The number of nitrogens with zero attached hydrogens (tertiary/aromatic N) is 1. The summed E-state index contributed by atoms with van der Waals surface area (Å²) in [6.07, 6.45) is -5.19. The molecule has 0 saturated carbocycles. The highest BCUT2D eigenvalue weighted by Gasteiger charge is 2.37. The first-order valence-electron chi connectivity index (χ1n) is 7.10. The van der Waals surface area contributed by atoms with E-state index in [2.05, 4.69) is 0 Å². The number of hydrogen-bond acceptors (Lipinski definition) is 4.